The maximum atomic E-state index is 13.0. The van der Waals surface area contributed by atoms with Gasteiger partial charge in [0.05, 0.1) is 0 Å². The van der Waals surface area contributed by atoms with Crippen LogP contribution in [0.1, 0.15) is 28.8 Å². The molecule has 2 heterocycles. The fraction of sp³-hybridized carbons (Fsp3) is 0.300. The molecule has 1 N–H and O–H groups in total. The van der Waals surface area contributed by atoms with Gasteiger partial charge in [0.15, 0.2) is 0 Å². The first-order chi connectivity index (χ1) is 12.6. The average Bonchev–Trinajstić information content (AvgIpc) is 3.31. The fourth-order valence-corrected chi connectivity index (χ4v) is 3.44. The predicted octanol–water partition coefficient (Wildman–Crippen LogP) is 3.15. The van der Waals surface area contributed by atoms with Crippen LogP contribution in [0.25, 0.3) is 0 Å². The molecule has 1 saturated heterocycles. The number of halogens is 1. The molecule has 0 spiro atoms. The van der Waals surface area contributed by atoms with Gasteiger partial charge in [0.2, 0.25) is 0 Å². The molecule has 1 fully saturated rings. The molecule has 0 aromatic heterocycles. The van der Waals surface area contributed by atoms with Gasteiger partial charge >= 0.3 is 0 Å². The number of rotatable bonds is 3. The van der Waals surface area contributed by atoms with Gasteiger partial charge in [-0.25, -0.2) is 4.39 Å². The topological polar surface area (TPSA) is 58.6 Å². The monoisotopic (exact) mass is 354 g/mol. The summed E-state index contributed by atoms with van der Waals surface area (Å²) < 4.78 is 18.5. The van der Waals surface area contributed by atoms with E-state index in [9.17, 15) is 14.0 Å². The summed E-state index contributed by atoms with van der Waals surface area (Å²) in [6.45, 7) is 1.26. The molecule has 2 aromatic rings. The quantitative estimate of drug-likeness (QED) is 0.921. The highest BCUT2D eigenvalue weighted by molar-refractivity contribution is 6.05. The number of nitrogens with zero attached hydrogens (tertiary/aromatic N) is 1. The SMILES string of the molecule is O=C(Nc1ccc2c(c1)N(C(=O)C1CCCO1)CC2)c1ccc(F)cc1. The number of anilines is 2. The molecular formula is C20H19FN2O3. The minimum absolute atomic E-state index is 0.0109. The van der Waals surface area contributed by atoms with E-state index in [0.29, 0.717) is 24.4 Å². The number of amides is 2. The molecule has 2 amide bonds. The van der Waals surface area contributed by atoms with Gasteiger partial charge in [0.25, 0.3) is 11.8 Å². The van der Waals surface area contributed by atoms with Gasteiger partial charge in [-0.15, -0.1) is 0 Å². The Hall–Kier alpha value is -2.73. The van der Waals surface area contributed by atoms with Crippen LogP contribution in [0.2, 0.25) is 0 Å². The summed E-state index contributed by atoms with van der Waals surface area (Å²) in [5.74, 6) is -0.717. The van der Waals surface area contributed by atoms with Crippen molar-refractivity contribution in [2.24, 2.45) is 0 Å². The van der Waals surface area contributed by atoms with Crippen LogP contribution in [0.4, 0.5) is 15.8 Å². The number of hydrogen-bond donors (Lipinski definition) is 1. The molecule has 1 unspecified atom stereocenters. The molecule has 4 rings (SSSR count). The summed E-state index contributed by atoms with van der Waals surface area (Å²) in [4.78, 5) is 26.7. The van der Waals surface area contributed by atoms with Gasteiger partial charge in [-0.1, -0.05) is 6.07 Å². The maximum Gasteiger partial charge on any atom is 0.256 e. The Balaban J connectivity index is 1.53. The third-order valence-corrected chi connectivity index (χ3v) is 4.82. The molecular weight excluding hydrogens is 335 g/mol. The second-order valence-corrected chi connectivity index (χ2v) is 6.55. The molecule has 5 nitrogen and oxygen atoms in total. The first-order valence-electron chi connectivity index (χ1n) is 8.74. The van der Waals surface area contributed by atoms with E-state index < -0.39 is 0 Å². The Labute approximate surface area is 150 Å². The van der Waals surface area contributed by atoms with Crippen molar-refractivity contribution in [3.8, 4) is 0 Å². The van der Waals surface area contributed by atoms with Crippen LogP contribution in [0.5, 0.6) is 0 Å². The van der Waals surface area contributed by atoms with Crippen LogP contribution in [-0.4, -0.2) is 31.1 Å². The lowest BCUT2D eigenvalue weighted by Crippen LogP contribution is -2.37. The first kappa shape index (κ1) is 16.7. The zero-order valence-corrected chi connectivity index (χ0v) is 14.2. The standard InChI is InChI=1S/C20H19FN2O3/c21-15-6-3-14(4-7-15)19(24)22-16-8-5-13-9-10-23(17(13)12-16)20(25)18-2-1-11-26-18/h3-8,12,18H,1-2,9-11H2,(H,22,24). The lowest BCUT2D eigenvalue weighted by Gasteiger charge is -2.21. The lowest BCUT2D eigenvalue weighted by molar-refractivity contribution is -0.127. The molecule has 0 radical (unpaired) electrons. The number of fused-ring (bicyclic) bond motifs is 1. The highest BCUT2D eigenvalue weighted by Crippen LogP contribution is 2.32. The summed E-state index contributed by atoms with van der Waals surface area (Å²) in [6, 6.07) is 10.9. The second kappa shape index (κ2) is 6.88. The summed E-state index contributed by atoms with van der Waals surface area (Å²) in [6.07, 6.45) is 2.09. The van der Waals surface area contributed by atoms with Crippen LogP contribution in [0, 0.1) is 5.82 Å². The number of hydrogen-bond acceptors (Lipinski definition) is 3. The van der Waals surface area contributed by atoms with Crippen LogP contribution >= 0.6 is 0 Å². The zero-order valence-electron chi connectivity index (χ0n) is 14.2. The Kier molecular flexibility index (Phi) is 4.42. The van der Waals surface area contributed by atoms with Gasteiger partial charge in [-0.2, -0.15) is 0 Å². The molecule has 1 atom stereocenters. The van der Waals surface area contributed by atoms with E-state index >= 15 is 0 Å². The van der Waals surface area contributed by atoms with Crippen molar-refractivity contribution in [3.63, 3.8) is 0 Å². The van der Waals surface area contributed by atoms with Gasteiger partial charge in [0.1, 0.15) is 11.9 Å². The van der Waals surface area contributed by atoms with Gasteiger partial charge in [-0.3, -0.25) is 9.59 Å². The summed E-state index contributed by atoms with van der Waals surface area (Å²) in [5, 5.41) is 2.81. The van der Waals surface area contributed by atoms with Crippen molar-refractivity contribution in [2.75, 3.05) is 23.4 Å². The minimum Gasteiger partial charge on any atom is -0.368 e. The predicted molar refractivity (Wildman–Crippen MR) is 95.8 cm³/mol. The normalized spacial score (nSPS) is 18.7. The molecule has 134 valence electrons. The molecule has 6 heteroatoms. The number of carbonyl (C=O) groups is 2. The van der Waals surface area contributed by atoms with Crippen molar-refractivity contribution in [2.45, 2.75) is 25.4 Å². The summed E-state index contributed by atoms with van der Waals surface area (Å²) in [7, 11) is 0. The van der Waals surface area contributed by atoms with Crippen molar-refractivity contribution < 1.29 is 18.7 Å². The highest BCUT2D eigenvalue weighted by Gasteiger charge is 2.32. The molecule has 2 aliphatic heterocycles. The molecule has 2 aromatic carbocycles. The van der Waals surface area contributed by atoms with E-state index in [4.69, 9.17) is 4.74 Å². The fourth-order valence-electron chi connectivity index (χ4n) is 3.44. The van der Waals surface area contributed by atoms with Crippen molar-refractivity contribution in [3.05, 3.63) is 59.4 Å². The third kappa shape index (κ3) is 3.20. The molecule has 0 saturated carbocycles. The molecule has 0 bridgehead atoms. The van der Waals surface area contributed by atoms with Crippen LogP contribution in [0.3, 0.4) is 0 Å². The van der Waals surface area contributed by atoms with E-state index in [2.05, 4.69) is 5.32 Å². The minimum atomic E-state index is -0.387. The van der Waals surface area contributed by atoms with Crippen LogP contribution < -0.4 is 10.2 Å². The smallest absolute Gasteiger partial charge is 0.256 e. The summed E-state index contributed by atoms with van der Waals surface area (Å²) in [5.41, 5.74) is 2.88. The number of ether oxygens (including phenoxy) is 1. The van der Waals surface area contributed by atoms with E-state index in [1.165, 1.54) is 24.3 Å². The molecule has 26 heavy (non-hydrogen) atoms. The highest BCUT2D eigenvalue weighted by atomic mass is 19.1. The van der Waals surface area contributed by atoms with Crippen molar-refractivity contribution >= 4 is 23.2 Å². The summed E-state index contributed by atoms with van der Waals surface area (Å²) >= 11 is 0. The largest absolute Gasteiger partial charge is 0.368 e. The van der Waals surface area contributed by atoms with Crippen LogP contribution in [0.15, 0.2) is 42.5 Å². The number of benzene rings is 2. The third-order valence-electron chi connectivity index (χ3n) is 4.82. The Morgan fingerprint density at radius 2 is 1.96 bits per heavy atom. The second-order valence-electron chi connectivity index (χ2n) is 6.55. The zero-order chi connectivity index (χ0) is 18.1. The van der Waals surface area contributed by atoms with E-state index in [1.807, 2.05) is 18.2 Å². The number of nitrogens with one attached hydrogen (secondary N) is 1. The average molecular weight is 354 g/mol. The van der Waals surface area contributed by atoms with Crippen molar-refractivity contribution in [1.82, 2.24) is 0 Å². The van der Waals surface area contributed by atoms with E-state index in [0.717, 1.165) is 30.5 Å². The maximum absolute atomic E-state index is 13.0. The van der Waals surface area contributed by atoms with E-state index in [-0.39, 0.29) is 23.7 Å². The van der Waals surface area contributed by atoms with Crippen LogP contribution in [-0.2, 0) is 16.0 Å². The van der Waals surface area contributed by atoms with Crippen molar-refractivity contribution in [1.29, 1.82) is 0 Å². The molecule has 2 aliphatic rings. The van der Waals surface area contributed by atoms with Gasteiger partial charge in [-0.05, 0) is 61.2 Å². The Bertz CT molecular complexity index is 845. The Morgan fingerprint density at radius 1 is 1.15 bits per heavy atom. The van der Waals surface area contributed by atoms with Gasteiger partial charge in [0, 0.05) is 30.1 Å². The van der Waals surface area contributed by atoms with E-state index in [1.54, 1.807) is 4.90 Å². The lowest BCUT2D eigenvalue weighted by atomic mass is 10.1. The number of carbonyl (C=O) groups excluding carboxylic acids is 2. The Morgan fingerprint density at radius 3 is 2.69 bits per heavy atom. The first-order valence-corrected chi connectivity index (χ1v) is 8.74. The van der Waals surface area contributed by atoms with Gasteiger partial charge < -0.3 is 15.0 Å². The molecule has 0 aliphatic carbocycles.